The molecule has 2 nitrogen and oxygen atoms in total. The first kappa shape index (κ1) is 15.7. The Morgan fingerprint density at radius 2 is 1.78 bits per heavy atom. The molecule has 3 heteroatoms. The van der Waals surface area contributed by atoms with Crippen molar-refractivity contribution >= 4 is 5.91 Å². The second kappa shape index (κ2) is 6.95. The van der Waals surface area contributed by atoms with Gasteiger partial charge in [-0.15, -0.1) is 0 Å². The number of amides is 1. The molecule has 0 spiro atoms. The fourth-order valence-corrected chi connectivity index (χ4v) is 3.51. The van der Waals surface area contributed by atoms with Crippen LogP contribution in [0.1, 0.15) is 43.4 Å². The first-order chi connectivity index (χ1) is 11.2. The lowest BCUT2D eigenvalue weighted by Gasteiger charge is -2.41. The van der Waals surface area contributed by atoms with Gasteiger partial charge in [-0.2, -0.15) is 0 Å². The Kier molecular flexibility index (Phi) is 4.75. The Morgan fingerprint density at radius 1 is 1.09 bits per heavy atom. The number of benzene rings is 2. The Labute approximate surface area is 136 Å². The number of halogens is 1. The van der Waals surface area contributed by atoms with Crippen LogP contribution < -0.4 is 0 Å². The Balaban J connectivity index is 1.84. The molecule has 0 bridgehead atoms. The highest BCUT2D eigenvalue weighted by molar-refractivity contribution is 5.79. The van der Waals surface area contributed by atoms with Crippen LogP contribution in [0.5, 0.6) is 0 Å². The lowest BCUT2D eigenvalue weighted by molar-refractivity contribution is -0.137. The van der Waals surface area contributed by atoms with Crippen LogP contribution in [-0.4, -0.2) is 16.8 Å². The van der Waals surface area contributed by atoms with Gasteiger partial charge in [0, 0.05) is 6.04 Å². The number of rotatable bonds is 3. The van der Waals surface area contributed by atoms with Crippen LogP contribution in [0.2, 0.25) is 0 Å². The fraction of sp³-hybridized carbons (Fsp3) is 0.350. The molecule has 23 heavy (non-hydrogen) atoms. The minimum Gasteiger partial charge on any atom is -0.333 e. The van der Waals surface area contributed by atoms with Crippen molar-refractivity contribution in [3.8, 4) is 0 Å². The molecule has 2 atom stereocenters. The number of carbonyl (C=O) groups is 1. The number of likely N-dealkylation sites (tertiary alicyclic amines) is 1. The molecule has 120 valence electrons. The van der Waals surface area contributed by atoms with Crippen molar-refractivity contribution in [3.63, 3.8) is 0 Å². The highest BCUT2D eigenvalue weighted by Crippen LogP contribution is 2.34. The third kappa shape index (κ3) is 3.44. The summed E-state index contributed by atoms with van der Waals surface area (Å²) in [7, 11) is 0. The minimum atomic E-state index is -0.304. The highest BCUT2D eigenvalue weighted by Gasteiger charge is 2.32. The molecule has 0 radical (unpaired) electrons. The summed E-state index contributed by atoms with van der Waals surface area (Å²) in [5.41, 5.74) is 1.64. The molecular formula is C20H22FNO. The summed E-state index contributed by atoms with van der Waals surface area (Å²) in [6.45, 7) is 2.09. The van der Waals surface area contributed by atoms with Gasteiger partial charge in [0.15, 0.2) is 0 Å². The third-order valence-corrected chi connectivity index (χ3v) is 4.68. The van der Waals surface area contributed by atoms with Crippen molar-refractivity contribution in [2.24, 2.45) is 0 Å². The Bertz CT molecular complexity index is 670. The molecule has 1 aliphatic heterocycles. The summed E-state index contributed by atoms with van der Waals surface area (Å²) in [6, 6.07) is 17.0. The zero-order chi connectivity index (χ0) is 16.2. The molecule has 3 rings (SSSR count). The van der Waals surface area contributed by atoms with Crippen molar-refractivity contribution in [1.29, 1.82) is 0 Å². The monoisotopic (exact) mass is 311 g/mol. The Hall–Kier alpha value is -2.16. The van der Waals surface area contributed by atoms with E-state index in [2.05, 4.69) is 19.1 Å². The predicted molar refractivity (Wildman–Crippen MR) is 89.4 cm³/mol. The van der Waals surface area contributed by atoms with E-state index >= 15 is 0 Å². The van der Waals surface area contributed by atoms with Crippen molar-refractivity contribution in [2.45, 2.75) is 44.7 Å². The summed E-state index contributed by atoms with van der Waals surface area (Å²) in [6.07, 6.45) is 3.22. The molecular weight excluding hydrogens is 289 g/mol. The third-order valence-electron chi connectivity index (χ3n) is 4.68. The molecule has 0 aromatic heterocycles. The van der Waals surface area contributed by atoms with Gasteiger partial charge in [-0.05, 0) is 43.4 Å². The number of nitrogens with zero attached hydrogens (tertiary/aromatic N) is 1. The van der Waals surface area contributed by atoms with Gasteiger partial charge in [-0.1, -0.05) is 48.5 Å². The van der Waals surface area contributed by atoms with E-state index in [9.17, 15) is 9.18 Å². The minimum absolute atomic E-state index is 0.0103. The molecule has 2 aromatic carbocycles. The van der Waals surface area contributed by atoms with Gasteiger partial charge >= 0.3 is 0 Å². The fourth-order valence-electron chi connectivity index (χ4n) is 3.51. The van der Waals surface area contributed by atoms with Crippen LogP contribution in [0, 0.1) is 5.82 Å². The second-order valence-corrected chi connectivity index (χ2v) is 6.28. The molecule has 2 aromatic rings. The predicted octanol–water partition coefficient (Wildman–Crippen LogP) is 4.51. The zero-order valence-electron chi connectivity index (χ0n) is 13.4. The number of hydrogen-bond donors (Lipinski definition) is 0. The van der Waals surface area contributed by atoms with Crippen LogP contribution >= 0.6 is 0 Å². The van der Waals surface area contributed by atoms with Gasteiger partial charge in [0.1, 0.15) is 5.82 Å². The summed E-state index contributed by atoms with van der Waals surface area (Å²) >= 11 is 0. The normalized spacial score (nSPS) is 21.2. The van der Waals surface area contributed by atoms with Crippen LogP contribution in [0.4, 0.5) is 4.39 Å². The van der Waals surface area contributed by atoms with Gasteiger partial charge in [-0.3, -0.25) is 4.79 Å². The van der Waals surface area contributed by atoms with Gasteiger partial charge in [0.05, 0.1) is 12.5 Å². The maximum Gasteiger partial charge on any atom is 0.227 e. The van der Waals surface area contributed by atoms with Gasteiger partial charge in [0.25, 0.3) is 0 Å². The van der Waals surface area contributed by atoms with Gasteiger partial charge in [0.2, 0.25) is 5.91 Å². The molecule has 1 saturated heterocycles. The number of piperidine rings is 1. The van der Waals surface area contributed by atoms with Gasteiger partial charge in [-0.25, -0.2) is 4.39 Å². The zero-order valence-corrected chi connectivity index (χ0v) is 13.4. The van der Waals surface area contributed by atoms with E-state index in [4.69, 9.17) is 0 Å². The quantitative estimate of drug-likeness (QED) is 0.816. The van der Waals surface area contributed by atoms with E-state index in [0.29, 0.717) is 5.56 Å². The van der Waals surface area contributed by atoms with Crippen LogP contribution in [0.25, 0.3) is 0 Å². The van der Waals surface area contributed by atoms with E-state index < -0.39 is 0 Å². The maximum atomic E-state index is 13.9. The smallest absolute Gasteiger partial charge is 0.227 e. The van der Waals surface area contributed by atoms with E-state index in [1.54, 1.807) is 18.2 Å². The average Bonchev–Trinajstić information content (AvgIpc) is 2.57. The first-order valence-electron chi connectivity index (χ1n) is 8.26. The first-order valence-corrected chi connectivity index (χ1v) is 8.26. The average molecular weight is 311 g/mol. The highest BCUT2D eigenvalue weighted by atomic mass is 19.1. The SMILES string of the molecule is C[C@@H]1CCC[C@@H](c2ccccc2)N1C(=O)Cc1ccccc1F. The summed E-state index contributed by atoms with van der Waals surface area (Å²) in [5.74, 6) is -0.294. The largest absolute Gasteiger partial charge is 0.333 e. The molecule has 1 amide bonds. The number of carbonyl (C=O) groups excluding carboxylic acids is 1. The van der Waals surface area contributed by atoms with E-state index in [1.807, 2.05) is 23.1 Å². The summed E-state index contributed by atoms with van der Waals surface area (Å²) in [5, 5.41) is 0. The summed E-state index contributed by atoms with van der Waals surface area (Å²) < 4.78 is 13.9. The van der Waals surface area contributed by atoms with E-state index in [-0.39, 0.29) is 30.2 Å². The van der Waals surface area contributed by atoms with Crippen molar-refractivity contribution in [3.05, 3.63) is 71.5 Å². The maximum absolute atomic E-state index is 13.9. The molecule has 1 fully saturated rings. The molecule has 1 aliphatic rings. The molecule has 0 aliphatic carbocycles. The molecule has 0 N–H and O–H groups in total. The van der Waals surface area contributed by atoms with Crippen LogP contribution in [-0.2, 0) is 11.2 Å². The number of hydrogen-bond acceptors (Lipinski definition) is 1. The van der Waals surface area contributed by atoms with Crippen molar-refractivity contribution < 1.29 is 9.18 Å². The second-order valence-electron chi connectivity index (χ2n) is 6.28. The van der Waals surface area contributed by atoms with E-state index in [1.165, 1.54) is 11.6 Å². The molecule has 0 saturated carbocycles. The van der Waals surface area contributed by atoms with Crippen molar-refractivity contribution in [2.75, 3.05) is 0 Å². The van der Waals surface area contributed by atoms with Crippen molar-refractivity contribution in [1.82, 2.24) is 4.90 Å². The van der Waals surface area contributed by atoms with Crippen LogP contribution in [0.15, 0.2) is 54.6 Å². The Morgan fingerprint density at radius 3 is 2.52 bits per heavy atom. The van der Waals surface area contributed by atoms with E-state index in [0.717, 1.165) is 19.3 Å². The standard InChI is InChI=1S/C20H22FNO/c1-15-8-7-13-19(16-9-3-2-4-10-16)22(15)20(23)14-17-11-5-6-12-18(17)21/h2-6,9-12,15,19H,7-8,13-14H2,1H3/t15-,19+/m1/s1. The summed E-state index contributed by atoms with van der Waals surface area (Å²) in [4.78, 5) is 14.8. The van der Waals surface area contributed by atoms with Gasteiger partial charge < -0.3 is 4.90 Å². The topological polar surface area (TPSA) is 20.3 Å². The molecule has 1 heterocycles. The lowest BCUT2D eigenvalue weighted by atomic mass is 9.90. The molecule has 0 unspecified atom stereocenters. The van der Waals surface area contributed by atoms with Crippen LogP contribution in [0.3, 0.4) is 0 Å². The lowest BCUT2D eigenvalue weighted by Crippen LogP contribution is -2.45.